The van der Waals surface area contributed by atoms with Crippen LogP contribution in [0.15, 0.2) is 54.4 Å². The van der Waals surface area contributed by atoms with E-state index in [0.717, 1.165) is 17.0 Å². The van der Waals surface area contributed by atoms with Crippen molar-refractivity contribution in [2.75, 3.05) is 10.6 Å². The quantitative estimate of drug-likeness (QED) is 0.471. The SMILES string of the molecule is O=C(Nc1nncs1)c1ccc(NCc2cccc(-c3ncn[nH]3)c2)nc1. The number of pyridine rings is 1. The molecule has 9 nitrogen and oxygen atoms in total. The Morgan fingerprint density at radius 2 is 2.15 bits per heavy atom. The van der Waals surface area contributed by atoms with Gasteiger partial charge in [-0.15, -0.1) is 10.2 Å². The van der Waals surface area contributed by atoms with Crippen molar-refractivity contribution in [1.29, 1.82) is 0 Å². The normalized spacial score (nSPS) is 10.5. The van der Waals surface area contributed by atoms with Crippen LogP contribution in [0.2, 0.25) is 0 Å². The Kier molecular flexibility index (Phi) is 4.79. The van der Waals surface area contributed by atoms with Gasteiger partial charge >= 0.3 is 0 Å². The van der Waals surface area contributed by atoms with Gasteiger partial charge in [-0.25, -0.2) is 9.97 Å². The minimum atomic E-state index is -0.273. The van der Waals surface area contributed by atoms with Gasteiger partial charge in [-0.2, -0.15) is 5.10 Å². The van der Waals surface area contributed by atoms with Crippen LogP contribution in [-0.4, -0.2) is 36.3 Å². The summed E-state index contributed by atoms with van der Waals surface area (Å²) in [6, 6.07) is 11.4. The Morgan fingerprint density at radius 3 is 2.89 bits per heavy atom. The van der Waals surface area contributed by atoms with Crippen molar-refractivity contribution in [1.82, 2.24) is 30.4 Å². The summed E-state index contributed by atoms with van der Waals surface area (Å²) in [5.41, 5.74) is 4.04. The van der Waals surface area contributed by atoms with Crippen LogP contribution in [0.25, 0.3) is 11.4 Å². The molecule has 0 aliphatic rings. The molecule has 3 aromatic heterocycles. The molecule has 27 heavy (non-hydrogen) atoms. The average Bonchev–Trinajstić information content (AvgIpc) is 3.41. The van der Waals surface area contributed by atoms with E-state index in [0.29, 0.717) is 23.1 Å². The van der Waals surface area contributed by atoms with Crippen LogP contribution in [0.3, 0.4) is 0 Å². The molecule has 0 spiro atoms. The van der Waals surface area contributed by atoms with Gasteiger partial charge in [0, 0.05) is 18.3 Å². The van der Waals surface area contributed by atoms with Gasteiger partial charge in [0.15, 0.2) is 5.82 Å². The average molecular weight is 378 g/mol. The number of nitrogens with one attached hydrogen (secondary N) is 3. The summed E-state index contributed by atoms with van der Waals surface area (Å²) in [7, 11) is 0. The Morgan fingerprint density at radius 1 is 1.19 bits per heavy atom. The van der Waals surface area contributed by atoms with Crippen molar-refractivity contribution in [3.8, 4) is 11.4 Å². The summed E-state index contributed by atoms with van der Waals surface area (Å²) >= 11 is 1.26. The van der Waals surface area contributed by atoms with E-state index in [1.54, 1.807) is 17.6 Å². The third-order valence-corrected chi connectivity index (χ3v) is 4.30. The molecule has 134 valence electrons. The van der Waals surface area contributed by atoms with E-state index in [-0.39, 0.29) is 5.91 Å². The summed E-state index contributed by atoms with van der Waals surface area (Å²) < 4.78 is 0. The first kappa shape index (κ1) is 16.8. The first-order chi connectivity index (χ1) is 13.3. The molecule has 4 rings (SSSR count). The maximum Gasteiger partial charge on any atom is 0.259 e. The molecule has 0 saturated carbocycles. The van der Waals surface area contributed by atoms with Gasteiger partial charge in [0.2, 0.25) is 5.13 Å². The standard InChI is InChI=1S/C17H14N8OS/c26-16(23-17-25-22-10-27-17)13-4-5-14(19-8-13)18-7-11-2-1-3-12(6-11)15-20-9-21-24-15/h1-6,8-10H,7H2,(H,18,19)(H,20,21,24)(H,23,25,26). The van der Waals surface area contributed by atoms with Crippen molar-refractivity contribution in [2.45, 2.75) is 6.54 Å². The summed E-state index contributed by atoms with van der Waals surface area (Å²) in [5, 5.41) is 20.5. The summed E-state index contributed by atoms with van der Waals surface area (Å²) in [4.78, 5) is 20.5. The number of nitrogens with zero attached hydrogens (tertiary/aromatic N) is 5. The molecule has 0 radical (unpaired) electrons. The molecule has 0 aliphatic carbocycles. The number of anilines is 2. The second-order valence-electron chi connectivity index (χ2n) is 5.52. The number of benzene rings is 1. The summed E-state index contributed by atoms with van der Waals surface area (Å²) in [6.45, 7) is 0.589. The van der Waals surface area contributed by atoms with Crippen LogP contribution in [0, 0.1) is 0 Å². The van der Waals surface area contributed by atoms with E-state index in [4.69, 9.17) is 0 Å². The van der Waals surface area contributed by atoms with Gasteiger partial charge in [0.05, 0.1) is 5.56 Å². The van der Waals surface area contributed by atoms with Crippen LogP contribution in [0.4, 0.5) is 10.9 Å². The number of aromatic nitrogens is 6. The van der Waals surface area contributed by atoms with E-state index in [9.17, 15) is 4.79 Å². The van der Waals surface area contributed by atoms with Crippen molar-refractivity contribution in [3.05, 3.63) is 65.6 Å². The molecule has 0 fully saturated rings. The molecule has 0 bridgehead atoms. The Balaban J connectivity index is 1.38. The van der Waals surface area contributed by atoms with Gasteiger partial charge in [-0.05, 0) is 23.8 Å². The monoisotopic (exact) mass is 378 g/mol. The molecule has 0 saturated heterocycles. The van der Waals surface area contributed by atoms with E-state index < -0.39 is 0 Å². The molecule has 1 aromatic carbocycles. The Labute approximate surface area is 157 Å². The fourth-order valence-corrected chi connectivity index (χ4v) is 2.84. The second-order valence-corrected chi connectivity index (χ2v) is 6.35. The molecule has 3 heterocycles. The molecule has 0 aliphatic heterocycles. The predicted octanol–water partition coefficient (Wildman–Crippen LogP) is 2.58. The lowest BCUT2D eigenvalue weighted by Gasteiger charge is -2.08. The van der Waals surface area contributed by atoms with Gasteiger partial charge in [0.25, 0.3) is 5.91 Å². The molecule has 10 heteroatoms. The minimum absolute atomic E-state index is 0.273. The largest absolute Gasteiger partial charge is 0.366 e. The molecule has 3 N–H and O–H groups in total. The maximum absolute atomic E-state index is 12.1. The smallest absolute Gasteiger partial charge is 0.259 e. The highest BCUT2D eigenvalue weighted by molar-refractivity contribution is 7.13. The first-order valence-corrected chi connectivity index (χ1v) is 8.88. The van der Waals surface area contributed by atoms with Crippen LogP contribution in [0.1, 0.15) is 15.9 Å². The number of H-pyrrole nitrogens is 1. The van der Waals surface area contributed by atoms with Crippen molar-refractivity contribution < 1.29 is 4.79 Å². The highest BCUT2D eigenvalue weighted by Crippen LogP contribution is 2.17. The fourth-order valence-electron chi connectivity index (χ4n) is 2.40. The van der Waals surface area contributed by atoms with Gasteiger partial charge in [0.1, 0.15) is 17.7 Å². The molecule has 0 atom stereocenters. The van der Waals surface area contributed by atoms with Crippen LogP contribution >= 0.6 is 11.3 Å². The van der Waals surface area contributed by atoms with E-state index in [2.05, 4.69) is 41.0 Å². The molecular formula is C17H14N8OS. The Hall–Kier alpha value is -3.66. The van der Waals surface area contributed by atoms with E-state index >= 15 is 0 Å². The number of hydrogen-bond donors (Lipinski definition) is 3. The number of aromatic amines is 1. The maximum atomic E-state index is 12.1. The van der Waals surface area contributed by atoms with Crippen LogP contribution in [-0.2, 0) is 6.54 Å². The summed E-state index contributed by atoms with van der Waals surface area (Å²) in [5.74, 6) is 1.12. The Bertz CT molecular complexity index is 1020. The van der Waals surface area contributed by atoms with Crippen LogP contribution in [0.5, 0.6) is 0 Å². The fraction of sp³-hybridized carbons (Fsp3) is 0.0588. The third kappa shape index (κ3) is 4.12. The van der Waals surface area contributed by atoms with E-state index in [1.807, 2.05) is 24.3 Å². The van der Waals surface area contributed by atoms with E-state index in [1.165, 1.54) is 23.9 Å². The third-order valence-electron chi connectivity index (χ3n) is 3.70. The number of amides is 1. The zero-order valence-electron chi connectivity index (χ0n) is 14.0. The molecule has 0 unspecified atom stereocenters. The number of carbonyl (C=O) groups excluding carboxylic acids is 1. The topological polar surface area (TPSA) is 121 Å². The first-order valence-electron chi connectivity index (χ1n) is 8.00. The molecule has 1 amide bonds. The van der Waals surface area contributed by atoms with Crippen molar-refractivity contribution >= 4 is 28.2 Å². The van der Waals surface area contributed by atoms with Gasteiger partial charge < -0.3 is 5.32 Å². The molecular weight excluding hydrogens is 364 g/mol. The highest BCUT2D eigenvalue weighted by atomic mass is 32.1. The van der Waals surface area contributed by atoms with Gasteiger partial charge in [-0.1, -0.05) is 29.5 Å². The number of hydrogen-bond acceptors (Lipinski definition) is 8. The van der Waals surface area contributed by atoms with Crippen LogP contribution < -0.4 is 10.6 Å². The van der Waals surface area contributed by atoms with Crippen molar-refractivity contribution in [3.63, 3.8) is 0 Å². The van der Waals surface area contributed by atoms with Crippen molar-refractivity contribution in [2.24, 2.45) is 0 Å². The lowest BCUT2D eigenvalue weighted by atomic mass is 10.1. The number of carbonyl (C=O) groups is 1. The minimum Gasteiger partial charge on any atom is -0.366 e. The number of rotatable bonds is 6. The predicted molar refractivity (Wildman–Crippen MR) is 101 cm³/mol. The zero-order chi connectivity index (χ0) is 18.5. The lowest BCUT2D eigenvalue weighted by Crippen LogP contribution is -2.12. The van der Waals surface area contributed by atoms with Gasteiger partial charge in [-0.3, -0.25) is 15.2 Å². The zero-order valence-corrected chi connectivity index (χ0v) is 14.8. The summed E-state index contributed by atoms with van der Waals surface area (Å²) in [6.07, 6.45) is 3.00. The highest BCUT2D eigenvalue weighted by Gasteiger charge is 2.08. The lowest BCUT2D eigenvalue weighted by molar-refractivity contribution is 0.102. The second kappa shape index (κ2) is 7.70. The molecule has 4 aromatic rings.